The number of pyridine rings is 1. The fourth-order valence-electron chi connectivity index (χ4n) is 1.31. The molecule has 1 aromatic heterocycles. The lowest BCUT2D eigenvalue weighted by molar-refractivity contribution is 0.102. The summed E-state index contributed by atoms with van der Waals surface area (Å²) in [5.74, 6) is -0.325. The Morgan fingerprint density at radius 2 is 1.94 bits per heavy atom. The van der Waals surface area contributed by atoms with Gasteiger partial charge in [0.1, 0.15) is 5.02 Å². The van der Waals surface area contributed by atoms with Crippen molar-refractivity contribution in [3.05, 3.63) is 63.5 Å². The SMILES string of the molecule is O=C(Nc1ccccc1)c1c[nH]c(=O)c(Cl)c1. The molecule has 5 heteroatoms. The first-order valence-electron chi connectivity index (χ1n) is 4.91. The maximum atomic E-state index is 11.8. The minimum absolute atomic E-state index is 0.00860. The summed E-state index contributed by atoms with van der Waals surface area (Å²) < 4.78 is 0. The highest BCUT2D eigenvalue weighted by atomic mass is 35.5. The molecule has 0 aliphatic rings. The quantitative estimate of drug-likeness (QED) is 0.857. The number of para-hydroxylation sites is 1. The second-order valence-corrected chi connectivity index (χ2v) is 3.79. The monoisotopic (exact) mass is 248 g/mol. The normalized spacial score (nSPS) is 9.94. The Morgan fingerprint density at radius 3 is 2.59 bits per heavy atom. The van der Waals surface area contributed by atoms with Gasteiger partial charge in [0.15, 0.2) is 0 Å². The average Bonchev–Trinajstić information content (AvgIpc) is 2.34. The van der Waals surface area contributed by atoms with Gasteiger partial charge in [-0.2, -0.15) is 0 Å². The molecule has 2 rings (SSSR count). The van der Waals surface area contributed by atoms with Crippen LogP contribution in [0.1, 0.15) is 10.4 Å². The lowest BCUT2D eigenvalue weighted by atomic mass is 10.2. The van der Waals surface area contributed by atoms with Gasteiger partial charge in [0.05, 0.1) is 5.56 Å². The molecule has 0 spiro atoms. The van der Waals surface area contributed by atoms with Crippen LogP contribution in [0.25, 0.3) is 0 Å². The van der Waals surface area contributed by atoms with Gasteiger partial charge in [0.2, 0.25) is 0 Å². The number of aromatic nitrogens is 1. The van der Waals surface area contributed by atoms with Crippen molar-refractivity contribution in [3.63, 3.8) is 0 Å². The third-order valence-electron chi connectivity index (χ3n) is 2.15. The van der Waals surface area contributed by atoms with Crippen LogP contribution < -0.4 is 10.9 Å². The van der Waals surface area contributed by atoms with Crippen LogP contribution >= 0.6 is 11.6 Å². The van der Waals surface area contributed by atoms with Crippen LogP contribution in [0.2, 0.25) is 5.02 Å². The molecule has 0 saturated heterocycles. The highest BCUT2D eigenvalue weighted by molar-refractivity contribution is 6.30. The summed E-state index contributed by atoms with van der Waals surface area (Å²) in [6.07, 6.45) is 1.33. The van der Waals surface area contributed by atoms with Crippen molar-refractivity contribution in [2.24, 2.45) is 0 Å². The number of anilines is 1. The van der Waals surface area contributed by atoms with Crippen LogP contribution in [0.5, 0.6) is 0 Å². The molecule has 1 aromatic carbocycles. The van der Waals surface area contributed by atoms with Crippen LogP contribution in [0.3, 0.4) is 0 Å². The minimum Gasteiger partial charge on any atom is -0.327 e. The molecule has 0 saturated carbocycles. The van der Waals surface area contributed by atoms with E-state index in [1.54, 1.807) is 12.1 Å². The molecular weight excluding hydrogens is 240 g/mol. The molecule has 0 radical (unpaired) electrons. The van der Waals surface area contributed by atoms with Gasteiger partial charge in [-0.25, -0.2) is 0 Å². The van der Waals surface area contributed by atoms with Crippen molar-refractivity contribution in [1.29, 1.82) is 0 Å². The Morgan fingerprint density at radius 1 is 1.24 bits per heavy atom. The molecule has 0 aliphatic heterocycles. The van der Waals surface area contributed by atoms with Crippen molar-refractivity contribution in [2.45, 2.75) is 0 Å². The Hall–Kier alpha value is -2.07. The number of H-pyrrole nitrogens is 1. The van der Waals surface area contributed by atoms with Crippen LogP contribution in [-0.2, 0) is 0 Å². The maximum Gasteiger partial charge on any atom is 0.266 e. The highest BCUT2D eigenvalue weighted by Gasteiger charge is 2.07. The topological polar surface area (TPSA) is 62.0 Å². The molecule has 0 bridgehead atoms. The lowest BCUT2D eigenvalue weighted by Crippen LogP contribution is -2.15. The molecule has 0 aliphatic carbocycles. The lowest BCUT2D eigenvalue weighted by Gasteiger charge is -2.04. The number of halogens is 1. The summed E-state index contributed by atoms with van der Waals surface area (Å²) in [6.45, 7) is 0. The van der Waals surface area contributed by atoms with E-state index in [2.05, 4.69) is 10.3 Å². The van der Waals surface area contributed by atoms with E-state index < -0.39 is 5.56 Å². The van der Waals surface area contributed by atoms with E-state index in [0.717, 1.165) is 0 Å². The van der Waals surface area contributed by atoms with Crippen LogP contribution in [0.4, 0.5) is 5.69 Å². The van der Waals surface area contributed by atoms with Crippen molar-refractivity contribution >= 4 is 23.2 Å². The van der Waals surface area contributed by atoms with E-state index in [-0.39, 0.29) is 10.9 Å². The summed E-state index contributed by atoms with van der Waals surface area (Å²) in [5.41, 5.74) is 0.571. The van der Waals surface area contributed by atoms with E-state index in [1.165, 1.54) is 12.3 Å². The fourth-order valence-corrected chi connectivity index (χ4v) is 1.48. The van der Waals surface area contributed by atoms with Gasteiger partial charge in [-0.3, -0.25) is 9.59 Å². The molecule has 4 nitrogen and oxygen atoms in total. The molecule has 0 fully saturated rings. The zero-order valence-corrected chi connectivity index (χ0v) is 9.49. The molecule has 86 valence electrons. The average molecular weight is 249 g/mol. The van der Waals surface area contributed by atoms with Crippen molar-refractivity contribution in [1.82, 2.24) is 4.98 Å². The number of carbonyl (C=O) groups is 1. The smallest absolute Gasteiger partial charge is 0.266 e. The Kier molecular flexibility index (Phi) is 3.25. The Balaban J connectivity index is 2.21. The first-order chi connectivity index (χ1) is 8.16. The summed E-state index contributed by atoms with van der Waals surface area (Å²) >= 11 is 5.64. The third-order valence-corrected chi connectivity index (χ3v) is 2.43. The number of rotatable bonds is 2. The standard InChI is InChI=1S/C12H9ClN2O2/c13-10-6-8(7-14-12(10)17)11(16)15-9-4-2-1-3-5-9/h1-7H,(H,14,17)(H,15,16). The molecule has 0 atom stereocenters. The predicted octanol–water partition coefficient (Wildman–Crippen LogP) is 2.28. The van der Waals surface area contributed by atoms with Crippen LogP contribution in [-0.4, -0.2) is 10.9 Å². The van der Waals surface area contributed by atoms with E-state index in [4.69, 9.17) is 11.6 Å². The zero-order chi connectivity index (χ0) is 12.3. The molecular formula is C12H9ClN2O2. The van der Waals surface area contributed by atoms with Gasteiger partial charge in [-0.1, -0.05) is 29.8 Å². The minimum atomic E-state index is -0.414. The predicted molar refractivity (Wildman–Crippen MR) is 66.5 cm³/mol. The number of hydrogen-bond donors (Lipinski definition) is 2. The zero-order valence-electron chi connectivity index (χ0n) is 8.74. The molecule has 1 amide bonds. The van der Waals surface area contributed by atoms with Gasteiger partial charge in [0.25, 0.3) is 11.5 Å². The van der Waals surface area contributed by atoms with Crippen molar-refractivity contribution in [2.75, 3.05) is 5.32 Å². The Labute approximate surface area is 102 Å². The molecule has 2 N–H and O–H groups in total. The molecule has 0 unspecified atom stereocenters. The number of benzene rings is 1. The summed E-state index contributed by atoms with van der Waals surface area (Å²) in [6, 6.07) is 10.4. The number of hydrogen-bond acceptors (Lipinski definition) is 2. The second kappa shape index (κ2) is 4.84. The van der Waals surface area contributed by atoms with Gasteiger partial charge < -0.3 is 10.3 Å². The largest absolute Gasteiger partial charge is 0.327 e. The van der Waals surface area contributed by atoms with Gasteiger partial charge >= 0.3 is 0 Å². The van der Waals surface area contributed by atoms with Gasteiger partial charge in [-0.05, 0) is 18.2 Å². The van der Waals surface area contributed by atoms with E-state index >= 15 is 0 Å². The summed E-state index contributed by atoms with van der Waals surface area (Å²) in [5, 5.41) is 2.68. The van der Waals surface area contributed by atoms with Crippen molar-refractivity contribution in [3.8, 4) is 0 Å². The summed E-state index contributed by atoms with van der Waals surface area (Å²) in [4.78, 5) is 25.2. The first kappa shape index (κ1) is 11.4. The number of nitrogens with one attached hydrogen (secondary N) is 2. The fraction of sp³-hybridized carbons (Fsp3) is 0. The van der Waals surface area contributed by atoms with Crippen LogP contribution in [0.15, 0.2) is 47.4 Å². The first-order valence-corrected chi connectivity index (χ1v) is 5.29. The molecule has 2 aromatic rings. The van der Waals surface area contributed by atoms with Gasteiger partial charge in [0, 0.05) is 11.9 Å². The van der Waals surface area contributed by atoms with E-state index in [1.807, 2.05) is 18.2 Å². The van der Waals surface area contributed by atoms with E-state index in [9.17, 15) is 9.59 Å². The molecule has 1 heterocycles. The summed E-state index contributed by atoms with van der Waals surface area (Å²) in [7, 11) is 0. The highest BCUT2D eigenvalue weighted by Crippen LogP contribution is 2.09. The molecule has 17 heavy (non-hydrogen) atoms. The Bertz CT molecular complexity index is 593. The number of aromatic amines is 1. The van der Waals surface area contributed by atoms with E-state index in [0.29, 0.717) is 11.3 Å². The van der Waals surface area contributed by atoms with Crippen molar-refractivity contribution < 1.29 is 4.79 Å². The number of carbonyl (C=O) groups excluding carboxylic acids is 1. The second-order valence-electron chi connectivity index (χ2n) is 3.39. The maximum absolute atomic E-state index is 11.8. The third kappa shape index (κ3) is 2.73. The number of amides is 1. The van der Waals surface area contributed by atoms with Crippen LogP contribution in [0, 0.1) is 0 Å². The van der Waals surface area contributed by atoms with Gasteiger partial charge in [-0.15, -0.1) is 0 Å².